The predicted octanol–water partition coefficient (Wildman–Crippen LogP) is 9.97. The van der Waals surface area contributed by atoms with E-state index < -0.39 is 0 Å². The van der Waals surface area contributed by atoms with Crippen LogP contribution in [0.2, 0.25) is 0 Å². The van der Waals surface area contributed by atoms with Crippen LogP contribution in [0.1, 0.15) is 33.4 Å². The van der Waals surface area contributed by atoms with Gasteiger partial charge in [0.15, 0.2) is 0 Å². The van der Waals surface area contributed by atoms with Crippen molar-refractivity contribution in [3.05, 3.63) is 167 Å². The standard InChI is InChI=1S/C46H40BN/c1-29-23-31(3)45(32(4)24-29)47(46-33(5)25-30(2)26-34(46)6)39-20-17-35(18-21-39)36-15-16-38-28-40(22-19-37(38)27-36)48-43-13-9-7-11-41(43)42-12-8-10-14-44(42)48/h7-28H,1-6H3. The van der Waals surface area contributed by atoms with Crippen LogP contribution in [-0.4, -0.2) is 11.3 Å². The lowest BCUT2D eigenvalue weighted by Crippen LogP contribution is -2.55. The molecular formula is C46H40BN. The molecule has 0 N–H and O–H groups in total. The lowest BCUT2D eigenvalue weighted by atomic mass is 9.34. The Morgan fingerprint density at radius 2 is 0.875 bits per heavy atom. The average molecular weight is 618 g/mol. The molecule has 0 unspecified atom stereocenters. The van der Waals surface area contributed by atoms with Gasteiger partial charge in [-0.05, 0) is 93.8 Å². The zero-order valence-corrected chi connectivity index (χ0v) is 28.7. The number of hydrogen-bond donors (Lipinski definition) is 0. The number of rotatable bonds is 5. The van der Waals surface area contributed by atoms with Crippen molar-refractivity contribution in [3.63, 3.8) is 0 Å². The Hall–Kier alpha value is -5.34. The second-order valence-electron chi connectivity index (χ2n) is 13.8. The molecule has 0 spiro atoms. The Morgan fingerprint density at radius 1 is 0.417 bits per heavy atom. The Balaban J connectivity index is 1.19. The molecule has 1 heterocycles. The number of aryl methyl sites for hydroxylation is 6. The van der Waals surface area contributed by atoms with Gasteiger partial charge in [-0.25, -0.2) is 0 Å². The largest absolute Gasteiger partial charge is 0.309 e. The molecule has 0 radical (unpaired) electrons. The highest BCUT2D eigenvalue weighted by Gasteiger charge is 2.28. The molecule has 1 aromatic heterocycles. The molecule has 2 heteroatoms. The molecule has 8 aromatic rings. The first-order chi connectivity index (χ1) is 23.3. The average Bonchev–Trinajstić information content (AvgIpc) is 3.41. The lowest BCUT2D eigenvalue weighted by Gasteiger charge is -2.24. The van der Waals surface area contributed by atoms with E-state index in [9.17, 15) is 0 Å². The summed E-state index contributed by atoms with van der Waals surface area (Å²) in [6.07, 6.45) is 0. The molecule has 0 amide bonds. The van der Waals surface area contributed by atoms with Gasteiger partial charge in [-0.1, -0.05) is 153 Å². The summed E-state index contributed by atoms with van der Waals surface area (Å²) in [5.41, 5.74) is 18.4. The molecule has 48 heavy (non-hydrogen) atoms. The van der Waals surface area contributed by atoms with Crippen LogP contribution in [0, 0.1) is 41.5 Å². The number of nitrogens with zero attached hydrogens (tertiary/aromatic N) is 1. The topological polar surface area (TPSA) is 4.93 Å². The van der Waals surface area contributed by atoms with Crippen molar-refractivity contribution >= 4 is 55.7 Å². The van der Waals surface area contributed by atoms with Crippen LogP contribution < -0.4 is 16.4 Å². The van der Waals surface area contributed by atoms with E-state index in [1.165, 1.54) is 99.2 Å². The van der Waals surface area contributed by atoms with Crippen molar-refractivity contribution in [2.75, 3.05) is 0 Å². The van der Waals surface area contributed by atoms with Crippen LogP contribution in [0.15, 0.2) is 133 Å². The summed E-state index contributed by atoms with van der Waals surface area (Å²) in [4.78, 5) is 0. The van der Waals surface area contributed by atoms with E-state index >= 15 is 0 Å². The molecule has 0 aliphatic rings. The fraction of sp³-hybridized carbons (Fsp3) is 0.130. The minimum Gasteiger partial charge on any atom is -0.309 e. The Kier molecular flexibility index (Phi) is 7.33. The molecule has 0 atom stereocenters. The highest BCUT2D eigenvalue weighted by molar-refractivity contribution is 6.96. The van der Waals surface area contributed by atoms with Gasteiger partial charge in [-0.3, -0.25) is 0 Å². The maximum absolute atomic E-state index is 2.39. The third-order valence-corrected chi connectivity index (χ3v) is 10.3. The Bertz CT molecular complexity index is 2360. The van der Waals surface area contributed by atoms with Crippen molar-refractivity contribution in [1.82, 2.24) is 4.57 Å². The fourth-order valence-electron chi connectivity index (χ4n) is 8.39. The van der Waals surface area contributed by atoms with Gasteiger partial charge in [-0.2, -0.15) is 0 Å². The third-order valence-electron chi connectivity index (χ3n) is 10.3. The molecular weight excluding hydrogens is 577 g/mol. The summed E-state index contributed by atoms with van der Waals surface area (Å²) in [6.45, 7) is 13.7. The molecule has 1 nitrogen and oxygen atoms in total. The van der Waals surface area contributed by atoms with E-state index in [0.717, 1.165) is 0 Å². The summed E-state index contributed by atoms with van der Waals surface area (Å²) in [7, 11) is 0. The van der Waals surface area contributed by atoms with Crippen molar-refractivity contribution < 1.29 is 0 Å². The van der Waals surface area contributed by atoms with Crippen LogP contribution in [0.4, 0.5) is 0 Å². The van der Waals surface area contributed by atoms with Gasteiger partial charge in [0.05, 0.1) is 11.0 Å². The van der Waals surface area contributed by atoms with Gasteiger partial charge >= 0.3 is 0 Å². The molecule has 0 aliphatic carbocycles. The SMILES string of the molecule is Cc1cc(C)c(B(c2ccc(-c3ccc4cc(-n5c6ccccc6c6ccccc65)ccc4c3)cc2)c2c(C)cc(C)cc2C)c(C)c1. The number of para-hydroxylation sites is 2. The monoisotopic (exact) mass is 617 g/mol. The van der Waals surface area contributed by atoms with Crippen LogP contribution in [-0.2, 0) is 0 Å². The molecule has 0 aliphatic heterocycles. The van der Waals surface area contributed by atoms with Crippen LogP contribution in [0.5, 0.6) is 0 Å². The Labute approximate surface area is 284 Å². The maximum Gasteiger partial charge on any atom is 0.242 e. The van der Waals surface area contributed by atoms with Crippen molar-refractivity contribution in [3.8, 4) is 16.8 Å². The predicted molar refractivity (Wildman–Crippen MR) is 210 cm³/mol. The first-order valence-corrected chi connectivity index (χ1v) is 17.0. The highest BCUT2D eigenvalue weighted by Crippen LogP contribution is 2.33. The minimum absolute atomic E-state index is 0.177. The number of hydrogen-bond acceptors (Lipinski definition) is 0. The van der Waals surface area contributed by atoms with Crippen LogP contribution >= 0.6 is 0 Å². The molecule has 0 saturated heterocycles. The Morgan fingerprint density at radius 3 is 1.42 bits per heavy atom. The summed E-state index contributed by atoms with van der Waals surface area (Å²) in [5, 5.41) is 5.06. The van der Waals surface area contributed by atoms with Crippen molar-refractivity contribution in [1.29, 1.82) is 0 Å². The first kappa shape index (κ1) is 30.0. The van der Waals surface area contributed by atoms with E-state index in [2.05, 4.69) is 180 Å². The zero-order chi connectivity index (χ0) is 33.1. The maximum atomic E-state index is 2.39. The highest BCUT2D eigenvalue weighted by atomic mass is 15.0. The molecule has 0 saturated carbocycles. The summed E-state index contributed by atoms with van der Waals surface area (Å²) >= 11 is 0. The lowest BCUT2D eigenvalue weighted by molar-refractivity contribution is 1.19. The zero-order valence-electron chi connectivity index (χ0n) is 28.7. The van der Waals surface area contributed by atoms with E-state index in [1.54, 1.807) is 0 Å². The molecule has 8 rings (SSSR count). The fourth-order valence-corrected chi connectivity index (χ4v) is 8.39. The van der Waals surface area contributed by atoms with E-state index in [1.807, 2.05) is 0 Å². The van der Waals surface area contributed by atoms with Crippen LogP contribution in [0.25, 0.3) is 49.4 Å². The smallest absolute Gasteiger partial charge is 0.242 e. The van der Waals surface area contributed by atoms with Gasteiger partial charge < -0.3 is 4.57 Å². The van der Waals surface area contributed by atoms with Gasteiger partial charge in [-0.15, -0.1) is 0 Å². The quantitative estimate of drug-likeness (QED) is 0.170. The minimum atomic E-state index is 0.177. The second-order valence-corrected chi connectivity index (χ2v) is 13.8. The first-order valence-electron chi connectivity index (χ1n) is 17.0. The van der Waals surface area contributed by atoms with Gasteiger partial charge in [0, 0.05) is 16.5 Å². The van der Waals surface area contributed by atoms with E-state index in [4.69, 9.17) is 0 Å². The van der Waals surface area contributed by atoms with E-state index in [-0.39, 0.29) is 6.71 Å². The summed E-state index contributed by atoms with van der Waals surface area (Å²) < 4.78 is 2.39. The molecule has 0 bridgehead atoms. The van der Waals surface area contributed by atoms with Gasteiger partial charge in [0.1, 0.15) is 0 Å². The molecule has 232 valence electrons. The van der Waals surface area contributed by atoms with Gasteiger partial charge in [0.2, 0.25) is 6.71 Å². The molecule has 7 aromatic carbocycles. The second kappa shape index (κ2) is 11.7. The number of aromatic nitrogens is 1. The van der Waals surface area contributed by atoms with Gasteiger partial charge in [0.25, 0.3) is 0 Å². The third kappa shape index (κ3) is 5.04. The summed E-state index contributed by atoms with van der Waals surface area (Å²) in [5.74, 6) is 0. The van der Waals surface area contributed by atoms with Crippen LogP contribution in [0.3, 0.4) is 0 Å². The number of fused-ring (bicyclic) bond motifs is 4. The molecule has 0 fully saturated rings. The van der Waals surface area contributed by atoms with E-state index in [0.29, 0.717) is 0 Å². The normalized spacial score (nSPS) is 11.5. The van der Waals surface area contributed by atoms with Crippen molar-refractivity contribution in [2.24, 2.45) is 0 Å². The van der Waals surface area contributed by atoms with Crippen molar-refractivity contribution in [2.45, 2.75) is 41.5 Å². The summed E-state index contributed by atoms with van der Waals surface area (Å²) in [6, 6.07) is 49.8. The number of benzene rings is 7.